The zero-order chi connectivity index (χ0) is 21.1. The summed E-state index contributed by atoms with van der Waals surface area (Å²) in [6.45, 7) is 3.64. The van der Waals surface area contributed by atoms with E-state index in [1.807, 2.05) is 6.92 Å². The summed E-state index contributed by atoms with van der Waals surface area (Å²) in [7, 11) is 1.34. The first-order valence-corrected chi connectivity index (χ1v) is 9.07. The number of benzene rings is 1. The monoisotopic (exact) mass is 393 g/mol. The SMILES string of the molecule is CCCCOC(=O)N(OC(=O)Cc1ccccc1)C(=N)N(C)C(CC)C(=O)O. The first-order valence-electron chi connectivity index (χ1n) is 9.07. The van der Waals surface area contributed by atoms with E-state index in [1.54, 1.807) is 37.3 Å². The van der Waals surface area contributed by atoms with Crippen molar-refractivity contribution in [3.05, 3.63) is 35.9 Å². The topological polar surface area (TPSA) is 120 Å². The van der Waals surface area contributed by atoms with Crippen LogP contribution in [0.15, 0.2) is 30.3 Å². The average Bonchev–Trinajstić information content (AvgIpc) is 2.66. The Labute approximate surface area is 164 Å². The van der Waals surface area contributed by atoms with Crippen molar-refractivity contribution < 1.29 is 29.1 Å². The molecular weight excluding hydrogens is 366 g/mol. The number of carboxylic acids is 1. The number of hydrogen-bond acceptors (Lipinski definition) is 6. The first kappa shape index (κ1) is 22.9. The largest absolute Gasteiger partial charge is 0.480 e. The Morgan fingerprint density at radius 3 is 2.36 bits per heavy atom. The highest BCUT2D eigenvalue weighted by atomic mass is 16.8. The minimum absolute atomic E-state index is 0.0925. The lowest BCUT2D eigenvalue weighted by Gasteiger charge is -2.30. The number of hydrogen-bond donors (Lipinski definition) is 2. The molecule has 1 amide bonds. The van der Waals surface area contributed by atoms with Crippen molar-refractivity contribution in [3.63, 3.8) is 0 Å². The van der Waals surface area contributed by atoms with Gasteiger partial charge in [0.15, 0.2) is 0 Å². The van der Waals surface area contributed by atoms with Gasteiger partial charge in [0.1, 0.15) is 6.04 Å². The minimum atomic E-state index is -1.16. The quantitative estimate of drug-likeness (QED) is 0.301. The summed E-state index contributed by atoms with van der Waals surface area (Å²) in [6.07, 6.45) is 0.410. The first-order chi connectivity index (χ1) is 13.3. The molecule has 0 spiro atoms. The lowest BCUT2D eigenvalue weighted by molar-refractivity contribution is -0.169. The summed E-state index contributed by atoms with van der Waals surface area (Å²) < 4.78 is 5.04. The van der Waals surface area contributed by atoms with Gasteiger partial charge in [-0.2, -0.15) is 0 Å². The van der Waals surface area contributed by atoms with E-state index in [9.17, 15) is 19.5 Å². The van der Waals surface area contributed by atoms with E-state index in [2.05, 4.69) is 0 Å². The Morgan fingerprint density at radius 1 is 1.18 bits per heavy atom. The van der Waals surface area contributed by atoms with E-state index in [4.69, 9.17) is 15.0 Å². The van der Waals surface area contributed by atoms with Gasteiger partial charge in [-0.15, -0.1) is 0 Å². The van der Waals surface area contributed by atoms with E-state index in [1.165, 1.54) is 7.05 Å². The van der Waals surface area contributed by atoms with Gasteiger partial charge in [-0.1, -0.05) is 55.7 Å². The Morgan fingerprint density at radius 2 is 1.82 bits per heavy atom. The molecule has 1 aromatic carbocycles. The fourth-order valence-corrected chi connectivity index (χ4v) is 2.33. The van der Waals surface area contributed by atoms with Gasteiger partial charge in [-0.05, 0) is 18.4 Å². The molecule has 1 rings (SSSR count). The lowest BCUT2D eigenvalue weighted by atomic mass is 10.2. The molecule has 0 fully saturated rings. The minimum Gasteiger partial charge on any atom is -0.480 e. The molecule has 0 aliphatic heterocycles. The fourth-order valence-electron chi connectivity index (χ4n) is 2.33. The predicted octanol–water partition coefficient (Wildman–Crippen LogP) is 2.66. The molecule has 0 saturated carbocycles. The van der Waals surface area contributed by atoms with Crippen LogP contribution in [0, 0.1) is 5.41 Å². The van der Waals surface area contributed by atoms with Crippen molar-refractivity contribution in [2.45, 2.75) is 45.6 Å². The molecule has 0 aliphatic carbocycles. The number of hydroxylamine groups is 2. The van der Waals surface area contributed by atoms with Crippen molar-refractivity contribution in [2.75, 3.05) is 13.7 Å². The number of rotatable bonds is 8. The number of amides is 1. The van der Waals surface area contributed by atoms with Crippen molar-refractivity contribution in [1.29, 1.82) is 5.41 Å². The molecule has 0 aromatic heterocycles. The van der Waals surface area contributed by atoms with Crippen molar-refractivity contribution in [2.24, 2.45) is 0 Å². The van der Waals surface area contributed by atoms with E-state index in [0.717, 1.165) is 11.3 Å². The number of guanidine groups is 1. The molecule has 0 bridgehead atoms. The molecule has 9 heteroatoms. The van der Waals surface area contributed by atoms with Gasteiger partial charge in [-0.3, -0.25) is 5.41 Å². The maximum Gasteiger partial charge on any atom is 0.451 e. The third-order valence-corrected chi connectivity index (χ3v) is 3.94. The highest BCUT2D eigenvalue weighted by Gasteiger charge is 2.32. The van der Waals surface area contributed by atoms with Crippen LogP contribution in [0.3, 0.4) is 0 Å². The van der Waals surface area contributed by atoms with Crippen LogP contribution in [0.5, 0.6) is 0 Å². The zero-order valence-corrected chi connectivity index (χ0v) is 16.4. The maximum atomic E-state index is 12.3. The molecule has 0 saturated heterocycles. The van der Waals surface area contributed by atoms with Crippen LogP contribution in [0.1, 0.15) is 38.7 Å². The predicted molar refractivity (Wildman–Crippen MR) is 102 cm³/mol. The Hall–Kier alpha value is -3.10. The van der Waals surface area contributed by atoms with Crippen LogP contribution in [0.25, 0.3) is 0 Å². The van der Waals surface area contributed by atoms with Crippen LogP contribution < -0.4 is 0 Å². The maximum absolute atomic E-state index is 12.3. The molecule has 2 N–H and O–H groups in total. The molecule has 28 heavy (non-hydrogen) atoms. The molecule has 0 radical (unpaired) electrons. The molecule has 0 heterocycles. The number of carboxylic acid groups (broad SMARTS) is 1. The summed E-state index contributed by atoms with van der Waals surface area (Å²) in [5.41, 5.74) is 0.670. The molecule has 1 aromatic rings. The van der Waals surface area contributed by atoms with Crippen LogP contribution in [-0.2, 0) is 25.6 Å². The third kappa shape index (κ3) is 6.90. The van der Waals surface area contributed by atoms with Crippen LogP contribution in [-0.4, -0.2) is 58.8 Å². The normalized spacial score (nSPS) is 11.2. The second-order valence-corrected chi connectivity index (χ2v) is 6.08. The zero-order valence-electron chi connectivity index (χ0n) is 16.4. The van der Waals surface area contributed by atoms with Crippen LogP contribution in [0.2, 0.25) is 0 Å². The van der Waals surface area contributed by atoms with Gasteiger partial charge >= 0.3 is 18.0 Å². The number of carbonyl (C=O) groups excluding carboxylic acids is 2. The summed E-state index contributed by atoms with van der Waals surface area (Å²) in [5, 5.41) is 17.9. The van der Waals surface area contributed by atoms with E-state index < -0.39 is 30.0 Å². The van der Waals surface area contributed by atoms with E-state index in [-0.39, 0.29) is 19.4 Å². The molecule has 154 valence electrons. The van der Waals surface area contributed by atoms with Crippen LogP contribution in [0.4, 0.5) is 4.79 Å². The van der Waals surface area contributed by atoms with Crippen molar-refractivity contribution >= 4 is 24.0 Å². The Balaban J connectivity index is 2.93. The van der Waals surface area contributed by atoms with Crippen LogP contribution >= 0.6 is 0 Å². The Kier molecular flexibility index (Phi) is 9.49. The van der Waals surface area contributed by atoms with E-state index >= 15 is 0 Å². The fraction of sp³-hybridized carbons (Fsp3) is 0.474. The number of aliphatic carboxylic acids is 1. The number of likely N-dealkylation sites (N-methyl/N-ethyl adjacent to an activating group) is 1. The number of carbonyl (C=O) groups is 3. The molecule has 9 nitrogen and oxygen atoms in total. The molecule has 1 unspecified atom stereocenters. The summed E-state index contributed by atoms with van der Waals surface area (Å²) >= 11 is 0. The second kappa shape index (κ2) is 11.6. The third-order valence-electron chi connectivity index (χ3n) is 3.94. The molecule has 0 aliphatic rings. The van der Waals surface area contributed by atoms with Gasteiger partial charge in [-0.25, -0.2) is 14.4 Å². The number of nitrogens with one attached hydrogen (secondary N) is 1. The van der Waals surface area contributed by atoms with E-state index in [0.29, 0.717) is 17.0 Å². The number of nitrogens with zero attached hydrogens (tertiary/aromatic N) is 2. The van der Waals surface area contributed by atoms with Crippen molar-refractivity contribution in [1.82, 2.24) is 9.96 Å². The summed E-state index contributed by atoms with van der Waals surface area (Å²) in [5.74, 6) is -2.54. The summed E-state index contributed by atoms with van der Waals surface area (Å²) in [6, 6.07) is 7.70. The molecule has 1 atom stereocenters. The second-order valence-electron chi connectivity index (χ2n) is 6.08. The van der Waals surface area contributed by atoms with Gasteiger partial charge in [0.2, 0.25) is 5.96 Å². The lowest BCUT2D eigenvalue weighted by Crippen LogP contribution is -2.52. The van der Waals surface area contributed by atoms with Gasteiger partial charge in [0.25, 0.3) is 0 Å². The van der Waals surface area contributed by atoms with Gasteiger partial charge in [0, 0.05) is 7.05 Å². The number of ether oxygens (including phenoxy) is 1. The smallest absolute Gasteiger partial charge is 0.451 e. The Bertz CT molecular complexity index is 680. The summed E-state index contributed by atoms with van der Waals surface area (Å²) in [4.78, 5) is 42.1. The van der Waals surface area contributed by atoms with Gasteiger partial charge < -0.3 is 19.6 Å². The molecular formula is C19H27N3O6. The van der Waals surface area contributed by atoms with Crippen molar-refractivity contribution in [3.8, 4) is 0 Å². The highest BCUT2D eigenvalue weighted by molar-refractivity contribution is 5.94. The standard InChI is InChI=1S/C19H27N3O6/c1-4-6-12-27-19(26)22(18(20)21(3)15(5-2)17(24)25)28-16(23)13-14-10-8-7-9-11-14/h7-11,15,20H,4-6,12-13H2,1-3H3,(H,24,25). The average molecular weight is 393 g/mol. The number of unbranched alkanes of at least 4 members (excludes halogenated alkanes) is 1. The highest BCUT2D eigenvalue weighted by Crippen LogP contribution is 2.10. The van der Waals surface area contributed by atoms with Gasteiger partial charge in [0.05, 0.1) is 13.0 Å².